The van der Waals surface area contributed by atoms with Gasteiger partial charge in [-0.15, -0.1) is 0 Å². The molecule has 162 valence electrons. The van der Waals surface area contributed by atoms with E-state index in [9.17, 15) is 8.42 Å². The third kappa shape index (κ3) is 5.60. The molecule has 0 spiro atoms. The smallest absolute Gasteiger partial charge is 0.238 e. The lowest BCUT2D eigenvalue weighted by Crippen LogP contribution is -2.41. The van der Waals surface area contributed by atoms with E-state index in [-0.39, 0.29) is 23.0 Å². The van der Waals surface area contributed by atoms with Crippen molar-refractivity contribution in [2.75, 3.05) is 6.61 Å². The van der Waals surface area contributed by atoms with Crippen molar-refractivity contribution in [3.8, 4) is 0 Å². The molecule has 0 aromatic heterocycles. The average Bonchev–Trinajstić information content (AvgIpc) is 2.80. The lowest BCUT2D eigenvalue weighted by Gasteiger charge is -2.35. The molecule has 0 unspecified atom stereocenters. The van der Waals surface area contributed by atoms with Crippen LogP contribution in [0.5, 0.6) is 0 Å². The summed E-state index contributed by atoms with van der Waals surface area (Å²) >= 11 is 0. The van der Waals surface area contributed by atoms with Crippen LogP contribution in [-0.2, 0) is 21.3 Å². The average molecular weight is 437 g/mol. The monoisotopic (exact) mass is 436 g/mol. The summed E-state index contributed by atoms with van der Waals surface area (Å²) in [5.74, 6) is 0.217. The van der Waals surface area contributed by atoms with Gasteiger partial charge in [-0.1, -0.05) is 72.8 Å². The molecule has 1 aliphatic rings. The van der Waals surface area contributed by atoms with Crippen molar-refractivity contribution in [2.45, 2.75) is 42.3 Å². The van der Waals surface area contributed by atoms with Crippen LogP contribution in [-0.4, -0.2) is 27.2 Å². The normalized spacial score (nSPS) is 19.4. The molecular weight excluding hydrogens is 408 g/mol. The minimum absolute atomic E-state index is 0.132. The maximum absolute atomic E-state index is 11.4. The first-order valence-corrected chi connectivity index (χ1v) is 12.1. The first-order chi connectivity index (χ1) is 15.0. The highest BCUT2D eigenvalue weighted by molar-refractivity contribution is 7.89. The van der Waals surface area contributed by atoms with Gasteiger partial charge in [0.2, 0.25) is 10.0 Å². The van der Waals surface area contributed by atoms with E-state index in [2.05, 4.69) is 53.8 Å². The first kappa shape index (κ1) is 21.7. The molecular formula is C25H28N2O3S. The lowest BCUT2D eigenvalue weighted by atomic mass is 9.83. The van der Waals surface area contributed by atoms with Gasteiger partial charge in [-0.25, -0.2) is 13.6 Å². The number of nitrogens with one attached hydrogen (secondary N) is 1. The number of nitrogens with two attached hydrogens (primary N) is 1. The third-order valence-electron chi connectivity index (χ3n) is 5.85. The molecule has 1 saturated heterocycles. The van der Waals surface area contributed by atoms with Crippen LogP contribution in [0.25, 0.3) is 0 Å². The van der Waals surface area contributed by atoms with Gasteiger partial charge in [-0.05, 0) is 41.7 Å². The van der Waals surface area contributed by atoms with Crippen LogP contribution >= 0.6 is 0 Å². The van der Waals surface area contributed by atoms with Crippen molar-refractivity contribution in [3.05, 3.63) is 102 Å². The van der Waals surface area contributed by atoms with Gasteiger partial charge < -0.3 is 10.1 Å². The number of benzene rings is 3. The summed E-state index contributed by atoms with van der Waals surface area (Å²) in [7, 11) is -3.66. The predicted molar refractivity (Wildman–Crippen MR) is 122 cm³/mol. The summed E-state index contributed by atoms with van der Waals surface area (Å²) in [6.07, 6.45) is 2.13. The maximum Gasteiger partial charge on any atom is 0.238 e. The minimum Gasteiger partial charge on any atom is -0.376 e. The molecule has 1 aliphatic heterocycles. The van der Waals surface area contributed by atoms with Crippen molar-refractivity contribution in [1.29, 1.82) is 0 Å². The first-order valence-electron chi connectivity index (χ1n) is 10.6. The molecule has 0 radical (unpaired) electrons. The van der Waals surface area contributed by atoms with Crippen molar-refractivity contribution in [3.63, 3.8) is 0 Å². The lowest BCUT2D eigenvalue weighted by molar-refractivity contribution is -0.0116. The molecule has 31 heavy (non-hydrogen) atoms. The van der Waals surface area contributed by atoms with E-state index in [1.165, 1.54) is 11.1 Å². The molecule has 2 atom stereocenters. The van der Waals surface area contributed by atoms with Crippen LogP contribution in [0.4, 0.5) is 0 Å². The third-order valence-corrected chi connectivity index (χ3v) is 6.78. The van der Waals surface area contributed by atoms with E-state index < -0.39 is 10.0 Å². The molecule has 1 fully saturated rings. The van der Waals surface area contributed by atoms with E-state index in [0.717, 1.165) is 18.4 Å². The number of ether oxygens (including phenoxy) is 1. The maximum atomic E-state index is 11.4. The molecule has 0 bridgehead atoms. The van der Waals surface area contributed by atoms with Gasteiger partial charge in [-0.2, -0.15) is 0 Å². The molecule has 1 heterocycles. The second-order valence-electron chi connectivity index (χ2n) is 8.01. The van der Waals surface area contributed by atoms with E-state index in [1.807, 2.05) is 12.1 Å². The van der Waals surface area contributed by atoms with Gasteiger partial charge in [0.25, 0.3) is 0 Å². The number of primary sulfonamides is 1. The molecule has 3 N–H and O–H groups in total. The Labute approximate surface area is 184 Å². The summed E-state index contributed by atoms with van der Waals surface area (Å²) in [5.41, 5.74) is 3.57. The molecule has 0 amide bonds. The fourth-order valence-electron chi connectivity index (χ4n) is 4.20. The van der Waals surface area contributed by atoms with Gasteiger partial charge >= 0.3 is 0 Å². The van der Waals surface area contributed by atoms with E-state index in [1.54, 1.807) is 24.3 Å². The van der Waals surface area contributed by atoms with Crippen LogP contribution < -0.4 is 10.5 Å². The highest BCUT2D eigenvalue weighted by Crippen LogP contribution is 2.34. The number of hydrogen-bond donors (Lipinski definition) is 2. The molecule has 0 aliphatic carbocycles. The summed E-state index contributed by atoms with van der Waals surface area (Å²) in [5, 5.41) is 8.69. The van der Waals surface area contributed by atoms with Crippen LogP contribution in [0.1, 0.15) is 35.4 Å². The van der Waals surface area contributed by atoms with Crippen molar-refractivity contribution < 1.29 is 13.2 Å². The highest BCUT2D eigenvalue weighted by atomic mass is 32.2. The molecule has 3 aromatic carbocycles. The van der Waals surface area contributed by atoms with Gasteiger partial charge in [0, 0.05) is 18.5 Å². The fourth-order valence-corrected chi connectivity index (χ4v) is 4.71. The van der Waals surface area contributed by atoms with Crippen LogP contribution in [0.15, 0.2) is 89.8 Å². The van der Waals surface area contributed by atoms with Gasteiger partial charge in [0.15, 0.2) is 0 Å². The number of hydrogen-bond acceptors (Lipinski definition) is 4. The molecule has 3 aromatic rings. The van der Waals surface area contributed by atoms with Gasteiger partial charge in [0.05, 0.1) is 17.6 Å². The zero-order valence-electron chi connectivity index (χ0n) is 17.4. The van der Waals surface area contributed by atoms with Crippen LogP contribution in [0.2, 0.25) is 0 Å². The van der Waals surface area contributed by atoms with Crippen molar-refractivity contribution in [1.82, 2.24) is 5.32 Å². The Kier molecular flexibility index (Phi) is 6.83. The summed E-state index contributed by atoms with van der Waals surface area (Å²) in [6.45, 7) is 1.31. The number of rotatable bonds is 7. The predicted octanol–water partition coefficient (Wildman–Crippen LogP) is 3.80. The second-order valence-corrected chi connectivity index (χ2v) is 9.58. The topological polar surface area (TPSA) is 81.4 Å². The fraction of sp³-hybridized carbons (Fsp3) is 0.280. The Bertz CT molecular complexity index is 1020. The quantitative estimate of drug-likeness (QED) is 0.590. The SMILES string of the molecule is NS(=O)(=O)c1ccc(CN[C@H]2CC[C@@H](C(c3ccccc3)c3ccccc3)OC2)cc1. The van der Waals surface area contributed by atoms with E-state index in [0.29, 0.717) is 13.2 Å². The summed E-state index contributed by atoms with van der Waals surface area (Å²) in [6, 6.07) is 28.1. The summed E-state index contributed by atoms with van der Waals surface area (Å²) < 4.78 is 29.1. The van der Waals surface area contributed by atoms with E-state index >= 15 is 0 Å². The van der Waals surface area contributed by atoms with Crippen LogP contribution in [0.3, 0.4) is 0 Å². The Balaban J connectivity index is 1.37. The largest absolute Gasteiger partial charge is 0.376 e. The Morgan fingerprint density at radius 1 is 0.871 bits per heavy atom. The number of sulfonamides is 1. The Hall–Kier alpha value is -2.51. The standard InChI is InChI=1S/C25H28N2O3S/c26-31(28,29)23-14-11-19(12-15-23)17-27-22-13-16-24(30-18-22)25(20-7-3-1-4-8-20)21-9-5-2-6-10-21/h1-12,14-15,22,24-25,27H,13,16-18H2,(H2,26,28,29)/t22-,24-/m0/s1. The van der Waals surface area contributed by atoms with E-state index in [4.69, 9.17) is 9.88 Å². The zero-order chi connectivity index (χ0) is 21.7. The van der Waals surface area contributed by atoms with Crippen LogP contribution in [0, 0.1) is 0 Å². The molecule has 6 heteroatoms. The van der Waals surface area contributed by atoms with Gasteiger partial charge in [-0.3, -0.25) is 0 Å². The van der Waals surface area contributed by atoms with Gasteiger partial charge in [0.1, 0.15) is 0 Å². The molecule has 4 rings (SSSR count). The summed E-state index contributed by atoms with van der Waals surface area (Å²) in [4.78, 5) is 0.132. The Morgan fingerprint density at radius 3 is 1.94 bits per heavy atom. The highest BCUT2D eigenvalue weighted by Gasteiger charge is 2.30. The molecule has 0 saturated carbocycles. The molecule has 5 nitrogen and oxygen atoms in total. The van der Waals surface area contributed by atoms with Crippen molar-refractivity contribution in [2.24, 2.45) is 5.14 Å². The van der Waals surface area contributed by atoms with Crippen molar-refractivity contribution >= 4 is 10.0 Å². The Morgan fingerprint density at radius 2 is 1.45 bits per heavy atom. The minimum atomic E-state index is -3.66. The second kappa shape index (κ2) is 9.75. The zero-order valence-corrected chi connectivity index (χ0v) is 18.2.